The quantitative estimate of drug-likeness (QED) is 0.840. The molecule has 0 radical (unpaired) electrons. The third-order valence-corrected chi connectivity index (χ3v) is 4.33. The SMILES string of the molecule is O=C(CN1CCCCCC1=O)NNC(=O)c1ccc2ccccc2c1. The molecule has 3 amide bonds. The molecule has 0 aromatic heterocycles. The lowest BCUT2D eigenvalue weighted by atomic mass is 10.1. The number of fused-ring (bicyclic) bond motifs is 1. The van der Waals surface area contributed by atoms with Crippen LogP contribution >= 0.6 is 0 Å². The first kappa shape index (κ1) is 17.0. The van der Waals surface area contributed by atoms with Gasteiger partial charge in [-0.1, -0.05) is 36.8 Å². The Balaban J connectivity index is 1.55. The molecule has 25 heavy (non-hydrogen) atoms. The standard InChI is InChI=1S/C19H21N3O3/c23-17(13-22-11-5-1-2-8-18(22)24)20-21-19(25)16-10-9-14-6-3-4-7-15(14)12-16/h3-4,6-7,9-10,12H,1-2,5,8,11,13H2,(H,20,23)(H,21,25). The van der Waals surface area contributed by atoms with E-state index in [-0.39, 0.29) is 18.4 Å². The van der Waals surface area contributed by atoms with Gasteiger partial charge in [0, 0.05) is 18.5 Å². The average Bonchev–Trinajstić information content (AvgIpc) is 2.83. The number of nitrogens with one attached hydrogen (secondary N) is 2. The van der Waals surface area contributed by atoms with E-state index in [2.05, 4.69) is 10.9 Å². The molecule has 1 aliphatic heterocycles. The molecular weight excluding hydrogens is 318 g/mol. The van der Waals surface area contributed by atoms with Crippen LogP contribution in [0.1, 0.15) is 36.0 Å². The highest BCUT2D eigenvalue weighted by atomic mass is 16.2. The Kier molecular flexibility index (Phi) is 5.28. The first-order valence-corrected chi connectivity index (χ1v) is 8.49. The van der Waals surface area contributed by atoms with Crippen molar-refractivity contribution in [1.29, 1.82) is 0 Å². The van der Waals surface area contributed by atoms with Crippen molar-refractivity contribution < 1.29 is 14.4 Å². The number of amides is 3. The van der Waals surface area contributed by atoms with Gasteiger partial charge in [0.2, 0.25) is 5.91 Å². The van der Waals surface area contributed by atoms with Crippen LogP contribution in [-0.4, -0.2) is 35.7 Å². The van der Waals surface area contributed by atoms with Gasteiger partial charge in [-0.05, 0) is 35.7 Å². The molecule has 0 unspecified atom stereocenters. The van der Waals surface area contributed by atoms with Gasteiger partial charge >= 0.3 is 0 Å². The van der Waals surface area contributed by atoms with Crippen molar-refractivity contribution in [2.45, 2.75) is 25.7 Å². The molecule has 0 aliphatic carbocycles. The van der Waals surface area contributed by atoms with Gasteiger partial charge in [-0.15, -0.1) is 0 Å². The van der Waals surface area contributed by atoms with Gasteiger partial charge in [-0.3, -0.25) is 25.2 Å². The lowest BCUT2D eigenvalue weighted by Gasteiger charge is -2.19. The number of nitrogens with zero attached hydrogens (tertiary/aromatic N) is 1. The molecule has 1 aliphatic rings. The van der Waals surface area contributed by atoms with Crippen molar-refractivity contribution in [3.63, 3.8) is 0 Å². The molecule has 130 valence electrons. The molecule has 2 aromatic carbocycles. The van der Waals surface area contributed by atoms with Gasteiger partial charge < -0.3 is 4.90 Å². The van der Waals surface area contributed by atoms with E-state index in [0.717, 1.165) is 30.0 Å². The summed E-state index contributed by atoms with van der Waals surface area (Å²) >= 11 is 0. The van der Waals surface area contributed by atoms with Crippen LogP contribution < -0.4 is 10.9 Å². The number of hydrazine groups is 1. The van der Waals surface area contributed by atoms with Crippen LogP contribution in [0.5, 0.6) is 0 Å². The molecular formula is C19H21N3O3. The van der Waals surface area contributed by atoms with Crippen LogP contribution in [0.3, 0.4) is 0 Å². The van der Waals surface area contributed by atoms with Gasteiger partial charge in [-0.25, -0.2) is 0 Å². The molecule has 2 aromatic rings. The monoisotopic (exact) mass is 339 g/mol. The normalized spacial score (nSPS) is 14.9. The summed E-state index contributed by atoms with van der Waals surface area (Å²) in [4.78, 5) is 37.6. The number of rotatable bonds is 3. The van der Waals surface area contributed by atoms with Crippen molar-refractivity contribution in [3.05, 3.63) is 48.0 Å². The second-order valence-corrected chi connectivity index (χ2v) is 6.19. The van der Waals surface area contributed by atoms with E-state index in [9.17, 15) is 14.4 Å². The van der Waals surface area contributed by atoms with Crippen molar-refractivity contribution in [2.75, 3.05) is 13.1 Å². The Morgan fingerprint density at radius 2 is 1.76 bits per heavy atom. The third-order valence-electron chi connectivity index (χ3n) is 4.33. The van der Waals surface area contributed by atoms with Crippen LogP contribution in [0, 0.1) is 0 Å². The molecule has 1 saturated heterocycles. The van der Waals surface area contributed by atoms with Crippen LogP contribution in [0.15, 0.2) is 42.5 Å². The molecule has 1 heterocycles. The maximum Gasteiger partial charge on any atom is 0.269 e. The summed E-state index contributed by atoms with van der Waals surface area (Å²) in [5, 5.41) is 2.00. The summed E-state index contributed by atoms with van der Waals surface area (Å²) < 4.78 is 0. The lowest BCUT2D eigenvalue weighted by molar-refractivity contribution is -0.135. The minimum absolute atomic E-state index is 0.00601. The van der Waals surface area contributed by atoms with E-state index in [1.54, 1.807) is 17.0 Å². The second kappa shape index (κ2) is 7.79. The average molecular weight is 339 g/mol. The third kappa shape index (κ3) is 4.35. The van der Waals surface area contributed by atoms with Crippen molar-refractivity contribution in [1.82, 2.24) is 15.8 Å². The highest BCUT2D eigenvalue weighted by Gasteiger charge is 2.19. The molecule has 6 heteroatoms. The molecule has 0 atom stereocenters. The zero-order chi connectivity index (χ0) is 17.6. The maximum atomic E-state index is 12.2. The number of likely N-dealkylation sites (tertiary alicyclic amines) is 1. The Hall–Kier alpha value is -2.89. The lowest BCUT2D eigenvalue weighted by Crippen LogP contribution is -2.47. The summed E-state index contributed by atoms with van der Waals surface area (Å²) in [6.45, 7) is 0.557. The minimum Gasteiger partial charge on any atom is -0.333 e. The van der Waals surface area contributed by atoms with Gasteiger partial charge in [0.15, 0.2) is 0 Å². The zero-order valence-electron chi connectivity index (χ0n) is 14.0. The van der Waals surface area contributed by atoms with Crippen molar-refractivity contribution >= 4 is 28.5 Å². The minimum atomic E-state index is -0.399. The maximum absolute atomic E-state index is 12.2. The number of hydrogen-bond donors (Lipinski definition) is 2. The molecule has 1 fully saturated rings. The van der Waals surface area contributed by atoms with Crippen molar-refractivity contribution in [3.8, 4) is 0 Å². The van der Waals surface area contributed by atoms with Crippen LogP contribution in [-0.2, 0) is 9.59 Å². The zero-order valence-corrected chi connectivity index (χ0v) is 14.0. The summed E-state index contributed by atoms with van der Waals surface area (Å²) in [6, 6.07) is 13.1. The Labute approximate surface area is 146 Å². The number of hydrogen-bond acceptors (Lipinski definition) is 3. The number of benzene rings is 2. The number of carbonyl (C=O) groups excluding carboxylic acids is 3. The smallest absolute Gasteiger partial charge is 0.269 e. The van der Waals surface area contributed by atoms with E-state index in [0.29, 0.717) is 18.5 Å². The first-order valence-electron chi connectivity index (χ1n) is 8.49. The predicted octanol–water partition coefficient (Wildman–Crippen LogP) is 2.00. The fraction of sp³-hybridized carbons (Fsp3) is 0.316. The number of carbonyl (C=O) groups is 3. The van der Waals surface area contributed by atoms with Crippen LogP contribution in [0.25, 0.3) is 10.8 Å². The van der Waals surface area contributed by atoms with Crippen LogP contribution in [0.2, 0.25) is 0 Å². The summed E-state index contributed by atoms with van der Waals surface area (Å²) in [5.41, 5.74) is 5.25. The van der Waals surface area contributed by atoms with E-state index >= 15 is 0 Å². The molecule has 0 saturated carbocycles. The summed E-state index contributed by atoms with van der Waals surface area (Å²) in [6.07, 6.45) is 3.26. The fourth-order valence-corrected chi connectivity index (χ4v) is 2.95. The first-order chi connectivity index (χ1) is 12.1. The molecule has 0 spiro atoms. The summed E-state index contributed by atoms with van der Waals surface area (Å²) in [5.74, 6) is -0.792. The van der Waals surface area contributed by atoms with E-state index in [1.807, 2.05) is 30.3 Å². The highest BCUT2D eigenvalue weighted by molar-refractivity contribution is 5.99. The van der Waals surface area contributed by atoms with E-state index in [1.165, 1.54) is 0 Å². The summed E-state index contributed by atoms with van der Waals surface area (Å²) in [7, 11) is 0. The van der Waals surface area contributed by atoms with Gasteiger partial charge in [-0.2, -0.15) is 0 Å². The highest BCUT2D eigenvalue weighted by Crippen LogP contribution is 2.15. The Bertz CT molecular complexity index is 803. The van der Waals surface area contributed by atoms with E-state index in [4.69, 9.17) is 0 Å². The molecule has 0 bridgehead atoms. The topological polar surface area (TPSA) is 78.5 Å². The molecule has 2 N–H and O–H groups in total. The van der Waals surface area contributed by atoms with Crippen LogP contribution in [0.4, 0.5) is 0 Å². The fourth-order valence-electron chi connectivity index (χ4n) is 2.95. The predicted molar refractivity (Wildman–Crippen MR) is 94.6 cm³/mol. The molecule has 6 nitrogen and oxygen atoms in total. The largest absolute Gasteiger partial charge is 0.333 e. The van der Waals surface area contributed by atoms with Gasteiger partial charge in [0.25, 0.3) is 11.8 Å². The Morgan fingerprint density at radius 1 is 0.960 bits per heavy atom. The molecule has 3 rings (SSSR count). The Morgan fingerprint density at radius 3 is 2.60 bits per heavy atom. The van der Waals surface area contributed by atoms with Gasteiger partial charge in [0.1, 0.15) is 6.54 Å². The second-order valence-electron chi connectivity index (χ2n) is 6.19. The van der Waals surface area contributed by atoms with E-state index < -0.39 is 5.91 Å². The van der Waals surface area contributed by atoms with Gasteiger partial charge in [0.05, 0.1) is 0 Å². The van der Waals surface area contributed by atoms with Crippen molar-refractivity contribution in [2.24, 2.45) is 0 Å².